The summed E-state index contributed by atoms with van der Waals surface area (Å²) < 4.78 is 6.47. The van der Waals surface area contributed by atoms with Gasteiger partial charge in [-0.25, -0.2) is 0 Å². The van der Waals surface area contributed by atoms with Crippen LogP contribution in [0.2, 0.25) is 0 Å². The smallest absolute Gasteiger partial charge is 0.0579 e. The summed E-state index contributed by atoms with van der Waals surface area (Å²) in [5.74, 6) is 2.91. The summed E-state index contributed by atoms with van der Waals surface area (Å²) in [5.41, 5.74) is 0. The lowest BCUT2D eigenvalue weighted by Gasteiger charge is -2.38. The second-order valence-corrected chi connectivity index (χ2v) is 8.48. The highest BCUT2D eigenvalue weighted by Crippen LogP contribution is 2.40. The Morgan fingerprint density at radius 1 is 0.739 bits per heavy atom. The van der Waals surface area contributed by atoms with Crippen molar-refractivity contribution in [3.05, 3.63) is 0 Å². The third-order valence-electron chi connectivity index (χ3n) is 7.14. The molecule has 0 heterocycles. The summed E-state index contributed by atoms with van der Waals surface area (Å²) in [6.45, 7) is 6.07. The van der Waals surface area contributed by atoms with Crippen molar-refractivity contribution in [3.63, 3.8) is 0 Å². The summed E-state index contributed by atoms with van der Waals surface area (Å²) in [6, 6.07) is 0.559. The van der Waals surface area contributed by atoms with Crippen LogP contribution in [0.3, 0.4) is 0 Å². The lowest BCUT2D eigenvalue weighted by atomic mass is 9.72. The minimum atomic E-state index is 0.559. The lowest BCUT2D eigenvalue weighted by Crippen LogP contribution is -2.32. The van der Waals surface area contributed by atoms with Crippen molar-refractivity contribution in [1.29, 1.82) is 0 Å². The fourth-order valence-electron chi connectivity index (χ4n) is 5.40. The van der Waals surface area contributed by atoms with Gasteiger partial charge in [0.1, 0.15) is 0 Å². The van der Waals surface area contributed by atoms with Crippen LogP contribution in [0.25, 0.3) is 0 Å². The Morgan fingerprint density at radius 3 is 1.70 bits per heavy atom. The van der Waals surface area contributed by atoms with E-state index >= 15 is 0 Å². The average molecular weight is 320 g/mol. The molecule has 0 N–H and O–H groups in total. The maximum absolute atomic E-state index is 6.47. The zero-order valence-electron chi connectivity index (χ0n) is 15.2. The molecule has 0 aliphatic heterocycles. The summed E-state index contributed by atoms with van der Waals surface area (Å²) in [4.78, 5) is 4.25. The van der Waals surface area contributed by atoms with Crippen molar-refractivity contribution >= 4 is 6.72 Å². The largest absolute Gasteiger partial charge is 0.375 e. The van der Waals surface area contributed by atoms with Crippen LogP contribution in [0.4, 0.5) is 0 Å². The second kappa shape index (κ2) is 8.65. The highest BCUT2D eigenvalue weighted by molar-refractivity contribution is 5.24. The van der Waals surface area contributed by atoms with E-state index in [2.05, 4.69) is 18.6 Å². The zero-order chi connectivity index (χ0) is 16.1. The van der Waals surface area contributed by atoms with E-state index in [9.17, 15) is 0 Å². The minimum absolute atomic E-state index is 0.559. The van der Waals surface area contributed by atoms with E-state index in [4.69, 9.17) is 4.74 Å². The molecule has 0 aromatic heterocycles. The molecule has 0 aromatic carbocycles. The first-order valence-electron chi connectivity index (χ1n) is 10.4. The normalized spacial score (nSPS) is 42.3. The Bertz CT molecular complexity index is 345. The molecule has 3 aliphatic carbocycles. The molecule has 0 unspecified atom stereocenters. The SMILES string of the molecule is C=NC1CCC(C2CCC(OC3CCC(CC)CC3)CC2)CC1. The molecule has 3 aliphatic rings. The van der Waals surface area contributed by atoms with Crippen molar-refractivity contribution in [2.45, 2.75) is 109 Å². The minimum Gasteiger partial charge on any atom is -0.375 e. The topological polar surface area (TPSA) is 21.6 Å². The van der Waals surface area contributed by atoms with Gasteiger partial charge in [-0.3, -0.25) is 4.99 Å². The van der Waals surface area contributed by atoms with E-state index in [0.29, 0.717) is 18.2 Å². The third kappa shape index (κ3) is 4.81. The molecule has 0 radical (unpaired) electrons. The van der Waals surface area contributed by atoms with Crippen LogP contribution >= 0.6 is 0 Å². The van der Waals surface area contributed by atoms with Gasteiger partial charge in [-0.05, 0) is 102 Å². The van der Waals surface area contributed by atoms with Crippen LogP contribution in [0.1, 0.15) is 90.4 Å². The van der Waals surface area contributed by atoms with Crippen molar-refractivity contribution < 1.29 is 4.74 Å². The molecule has 0 spiro atoms. The highest BCUT2D eigenvalue weighted by Gasteiger charge is 2.32. The van der Waals surface area contributed by atoms with Crippen molar-refractivity contribution in [1.82, 2.24) is 0 Å². The molecule has 3 fully saturated rings. The van der Waals surface area contributed by atoms with Gasteiger partial charge in [-0.15, -0.1) is 0 Å². The van der Waals surface area contributed by atoms with Crippen molar-refractivity contribution in [2.24, 2.45) is 22.7 Å². The van der Waals surface area contributed by atoms with Gasteiger partial charge in [0.25, 0.3) is 0 Å². The van der Waals surface area contributed by atoms with Crippen LogP contribution in [0.5, 0.6) is 0 Å². The van der Waals surface area contributed by atoms with Gasteiger partial charge in [0.15, 0.2) is 0 Å². The summed E-state index contributed by atoms with van der Waals surface area (Å²) in [5, 5.41) is 0. The van der Waals surface area contributed by atoms with E-state index in [1.54, 1.807) is 0 Å². The molecular weight excluding hydrogens is 282 g/mol. The van der Waals surface area contributed by atoms with Gasteiger partial charge < -0.3 is 4.74 Å². The maximum Gasteiger partial charge on any atom is 0.0579 e. The molecule has 0 amide bonds. The van der Waals surface area contributed by atoms with Crippen molar-refractivity contribution in [2.75, 3.05) is 0 Å². The molecule has 0 atom stereocenters. The molecule has 2 heteroatoms. The summed E-state index contributed by atoms with van der Waals surface area (Å²) >= 11 is 0. The Hall–Kier alpha value is -0.370. The van der Waals surface area contributed by atoms with Crippen LogP contribution in [-0.4, -0.2) is 25.0 Å². The molecule has 132 valence electrons. The van der Waals surface area contributed by atoms with Gasteiger partial charge in [0.05, 0.1) is 12.2 Å². The fraction of sp³-hybridized carbons (Fsp3) is 0.952. The molecule has 23 heavy (non-hydrogen) atoms. The molecule has 0 bridgehead atoms. The van der Waals surface area contributed by atoms with Gasteiger partial charge in [-0.2, -0.15) is 0 Å². The summed E-state index contributed by atoms with van der Waals surface area (Å²) in [7, 11) is 0. The van der Waals surface area contributed by atoms with Gasteiger partial charge in [0, 0.05) is 6.04 Å². The standard InChI is InChI=1S/C21H37NO/c1-3-16-4-12-20(13-5-16)23-21-14-8-18(9-15-21)17-6-10-19(22-2)11-7-17/h16-21H,2-15H2,1H3. The predicted octanol–water partition coefficient (Wildman–Crippen LogP) is 5.79. The van der Waals surface area contributed by atoms with E-state index in [0.717, 1.165) is 17.8 Å². The van der Waals surface area contributed by atoms with Gasteiger partial charge >= 0.3 is 0 Å². The van der Waals surface area contributed by atoms with E-state index < -0.39 is 0 Å². The first-order chi connectivity index (χ1) is 11.3. The Kier molecular flexibility index (Phi) is 6.56. The first-order valence-corrected chi connectivity index (χ1v) is 10.4. The number of ether oxygens (including phenoxy) is 1. The monoisotopic (exact) mass is 319 g/mol. The van der Waals surface area contributed by atoms with Crippen molar-refractivity contribution in [3.8, 4) is 0 Å². The average Bonchev–Trinajstić information content (AvgIpc) is 2.63. The molecule has 3 rings (SSSR count). The number of aliphatic imine (C=N–C) groups is 1. The number of hydrogen-bond donors (Lipinski definition) is 0. The zero-order valence-corrected chi connectivity index (χ0v) is 15.2. The Morgan fingerprint density at radius 2 is 1.22 bits per heavy atom. The Balaban J connectivity index is 1.35. The first kappa shape index (κ1) is 17.5. The van der Waals surface area contributed by atoms with Crippen LogP contribution in [0.15, 0.2) is 4.99 Å². The lowest BCUT2D eigenvalue weighted by molar-refractivity contribution is -0.0606. The van der Waals surface area contributed by atoms with Crippen LogP contribution in [0, 0.1) is 17.8 Å². The van der Waals surface area contributed by atoms with E-state index in [1.165, 1.54) is 83.5 Å². The fourth-order valence-corrected chi connectivity index (χ4v) is 5.40. The maximum atomic E-state index is 6.47. The Labute approximate surface area is 143 Å². The molecule has 0 aromatic rings. The second-order valence-electron chi connectivity index (χ2n) is 8.48. The highest BCUT2D eigenvalue weighted by atomic mass is 16.5. The quantitative estimate of drug-likeness (QED) is 0.588. The van der Waals surface area contributed by atoms with Gasteiger partial charge in [0.2, 0.25) is 0 Å². The molecule has 2 nitrogen and oxygen atoms in total. The molecule has 3 saturated carbocycles. The number of rotatable bonds is 5. The van der Waals surface area contributed by atoms with Crippen LogP contribution in [-0.2, 0) is 4.74 Å². The van der Waals surface area contributed by atoms with Gasteiger partial charge in [-0.1, -0.05) is 13.3 Å². The number of hydrogen-bond acceptors (Lipinski definition) is 2. The van der Waals surface area contributed by atoms with E-state index in [1.807, 2.05) is 0 Å². The predicted molar refractivity (Wildman–Crippen MR) is 98.2 cm³/mol. The molecular formula is C21H37NO. The molecule has 0 saturated heterocycles. The van der Waals surface area contributed by atoms with Crippen LogP contribution < -0.4 is 0 Å². The number of nitrogens with zero attached hydrogens (tertiary/aromatic N) is 1. The third-order valence-corrected chi connectivity index (χ3v) is 7.14. The summed E-state index contributed by atoms with van der Waals surface area (Å²) in [6.07, 6.45) is 18.7. The van der Waals surface area contributed by atoms with E-state index in [-0.39, 0.29) is 0 Å².